The van der Waals surface area contributed by atoms with E-state index in [-0.39, 0.29) is 23.3 Å². The number of fused-ring (bicyclic) bond motifs is 1. The summed E-state index contributed by atoms with van der Waals surface area (Å²) in [6.07, 6.45) is -2.07. The number of nitrogens with two attached hydrogens (primary N) is 2. The van der Waals surface area contributed by atoms with Crippen LogP contribution in [0.1, 0.15) is 13.8 Å². The molecule has 0 amide bonds. The Kier molecular flexibility index (Phi) is 3.64. The number of imidazole rings is 1. The summed E-state index contributed by atoms with van der Waals surface area (Å²) in [5.74, 6) is -0.210. The highest BCUT2D eigenvalue weighted by Crippen LogP contribution is 2.43. The maximum Gasteiger partial charge on any atom is 0.224 e. The van der Waals surface area contributed by atoms with Crippen molar-refractivity contribution in [3.63, 3.8) is 0 Å². The molecule has 1 aliphatic heterocycles. The maximum absolute atomic E-state index is 10.6. The van der Waals surface area contributed by atoms with Crippen molar-refractivity contribution in [1.29, 1.82) is 0 Å². The smallest absolute Gasteiger partial charge is 0.224 e. The van der Waals surface area contributed by atoms with Gasteiger partial charge in [0.05, 0.1) is 12.9 Å². The zero-order valence-electron chi connectivity index (χ0n) is 12.8. The molecular weight excluding hydrogens is 304 g/mol. The topological polar surface area (TPSA) is 166 Å². The molecule has 1 aliphatic rings. The van der Waals surface area contributed by atoms with Gasteiger partial charge in [0.2, 0.25) is 5.95 Å². The Morgan fingerprint density at radius 3 is 2.61 bits per heavy atom. The molecule has 0 spiro atoms. The summed E-state index contributed by atoms with van der Waals surface area (Å²) in [6.45, 7) is 3.20. The first kappa shape index (κ1) is 15.9. The summed E-state index contributed by atoms with van der Waals surface area (Å²) < 4.78 is 7.34. The van der Waals surface area contributed by atoms with Crippen LogP contribution < -0.4 is 11.5 Å². The molecule has 0 saturated carbocycles. The number of rotatable bonds is 3. The predicted octanol–water partition coefficient (Wildman–Crippen LogP) is -1.59. The Balaban J connectivity index is 2.25. The fourth-order valence-electron chi connectivity index (χ4n) is 3.13. The standard InChI is InChI=1S/C13H20N6O4/c1-5(2)13(9(22)8(21)6(3-20)23-13)19-4-16-7-10(14)17-12(15)18-11(7)19/h4-6,8-9,20-22H,3H2,1-2H3,(H4,14,15,17,18)/t6-,8-,9-,13-/m1/s1. The van der Waals surface area contributed by atoms with E-state index < -0.39 is 30.6 Å². The summed E-state index contributed by atoms with van der Waals surface area (Å²) in [6, 6.07) is 0. The van der Waals surface area contributed by atoms with Gasteiger partial charge in [0, 0.05) is 5.92 Å². The SMILES string of the molecule is CC(C)[C@@]1(n2cnc3c(N)nc(N)nc32)O[C@H](CO)[C@@H](O)[C@H]1O. The molecule has 2 aromatic heterocycles. The molecule has 2 aromatic rings. The van der Waals surface area contributed by atoms with Gasteiger partial charge in [0.15, 0.2) is 17.2 Å². The van der Waals surface area contributed by atoms with Crippen LogP contribution in [0.25, 0.3) is 11.2 Å². The number of nitrogens with zero attached hydrogens (tertiary/aromatic N) is 4. The second-order valence-corrected chi connectivity index (χ2v) is 5.93. The highest BCUT2D eigenvalue weighted by Gasteiger charge is 2.57. The van der Waals surface area contributed by atoms with E-state index in [0.29, 0.717) is 5.52 Å². The van der Waals surface area contributed by atoms with Gasteiger partial charge in [-0.25, -0.2) is 4.98 Å². The van der Waals surface area contributed by atoms with Gasteiger partial charge < -0.3 is 31.5 Å². The van der Waals surface area contributed by atoms with Crippen molar-refractivity contribution in [2.24, 2.45) is 5.92 Å². The average molecular weight is 324 g/mol. The molecule has 3 rings (SSSR count). The Labute approximate surface area is 131 Å². The van der Waals surface area contributed by atoms with Gasteiger partial charge in [0.25, 0.3) is 0 Å². The van der Waals surface area contributed by atoms with Crippen molar-refractivity contribution < 1.29 is 20.1 Å². The molecule has 23 heavy (non-hydrogen) atoms. The second-order valence-electron chi connectivity index (χ2n) is 5.93. The van der Waals surface area contributed by atoms with E-state index in [2.05, 4.69) is 15.0 Å². The summed E-state index contributed by atoms with van der Waals surface area (Å²) in [7, 11) is 0. The van der Waals surface area contributed by atoms with Gasteiger partial charge in [0.1, 0.15) is 23.8 Å². The Morgan fingerprint density at radius 1 is 1.35 bits per heavy atom. The molecule has 0 aromatic carbocycles. The molecule has 10 nitrogen and oxygen atoms in total. The number of aliphatic hydroxyl groups excluding tert-OH is 3. The minimum Gasteiger partial charge on any atom is -0.394 e. The first-order valence-corrected chi connectivity index (χ1v) is 7.24. The van der Waals surface area contributed by atoms with E-state index in [0.717, 1.165) is 0 Å². The van der Waals surface area contributed by atoms with Gasteiger partial charge in [-0.2, -0.15) is 9.97 Å². The van der Waals surface area contributed by atoms with Gasteiger partial charge in [-0.3, -0.25) is 4.57 Å². The van der Waals surface area contributed by atoms with Crippen molar-refractivity contribution in [2.75, 3.05) is 18.1 Å². The molecule has 0 bridgehead atoms. The van der Waals surface area contributed by atoms with E-state index in [4.69, 9.17) is 16.2 Å². The van der Waals surface area contributed by atoms with E-state index in [1.165, 1.54) is 10.9 Å². The first-order chi connectivity index (χ1) is 10.8. The summed E-state index contributed by atoms with van der Waals surface area (Å²) in [4.78, 5) is 12.1. The summed E-state index contributed by atoms with van der Waals surface area (Å²) in [5, 5.41) is 30.2. The molecule has 0 unspecified atom stereocenters. The predicted molar refractivity (Wildman–Crippen MR) is 80.9 cm³/mol. The molecule has 1 saturated heterocycles. The Hall–Kier alpha value is -2.01. The lowest BCUT2D eigenvalue weighted by Gasteiger charge is -2.37. The highest BCUT2D eigenvalue weighted by molar-refractivity contribution is 5.82. The molecule has 0 radical (unpaired) electrons. The Bertz CT molecular complexity index is 735. The highest BCUT2D eigenvalue weighted by atomic mass is 16.6. The fourth-order valence-corrected chi connectivity index (χ4v) is 3.13. The van der Waals surface area contributed by atoms with Crippen LogP contribution >= 0.6 is 0 Å². The number of nitrogen functional groups attached to an aromatic ring is 2. The van der Waals surface area contributed by atoms with E-state index >= 15 is 0 Å². The molecule has 126 valence electrons. The average Bonchev–Trinajstić information content (AvgIpc) is 3.01. The second kappa shape index (κ2) is 5.27. The van der Waals surface area contributed by atoms with Crippen molar-refractivity contribution in [3.8, 4) is 0 Å². The van der Waals surface area contributed by atoms with Crippen LogP contribution in [-0.4, -0.2) is 59.8 Å². The largest absolute Gasteiger partial charge is 0.394 e. The lowest BCUT2D eigenvalue weighted by molar-refractivity contribution is -0.174. The van der Waals surface area contributed by atoms with Gasteiger partial charge >= 0.3 is 0 Å². The van der Waals surface area contributed by atoms with Crippen molar-refractivity contribution in [1.82, 2.24) is 19.5 Å². The zero-order valence-corrected chi connectivity index (χ0v) is 12.8. The third-order valence-corrected chi connectivity index (χ3v) is 4.29. The van der Waals surface area contributed by atoms with Crippen molar-refractivity contribution in [2.45, 2.75) is 37.9 Å². The van der Waals surface area contributed by atoms with Crippen molar-refractivity contribution >= 4 is 22.9 Å². The first-order valence-electron chi connectivity index (χ1n) is 7.24. The number of hydrogen-bond acceptors (Lipinski definition) is 9. The molecular formula is C13H20N6O4. The van der Waals surface area contributed by atoms with Gasteiger partial charge in [-0.15, -0.1) is 0 Å². The zero-order chi connectivity index (χ0) is 16.9. The maximum atomic E-state index is 10.6. The summed E-state index contributed by atoms with van der Waals surface area (Å²) in [5.41, 5.74) is 10.7. The molecule has 4 atom stereocenters. The lowest BCUT2D eigenvalue weighted by Crippen LogP contribution is -2.49. The minimum atomic E-state index is -1.37. The molecule has 7 N–H and O–H groups in total. The van der Waals surface area contributed by atoms with Crippen LogP contribution in [0.3, 0.4) is 0 Å². The van der Waals surface area contributed by atoms with E-state index in [1.54, 1.807) is 0 Å². The third-order valence-electron chi connectivity index (χ3n) is 4.29. The molecule has 10 heteroatoms. The Morgan fingerprint density at radius 2 is 2.04 bits per heavy atom. The lowest BCUT2D eigenvalue weighted by atomic mass is 9.91. The summed E-state index contributed by atoms with van der Waals surface area (Å²) >= 11 is 0. The van der Waals surface area contributed by atoms with Crippen LogP contribution in [-0.2, 0) is 10.5 Å². The fraction of sp³-hybridized carbons (Fsp3) is 0.615. The molecule has 1 fully saturated rings. The van der Waals surface area contributed by atoms with Crippen LogP contribution in [0.15, 0.2) is 6.33 Å². The van der Waals surface area contributed by atoms with Gasteiger partial charge in [-0.05, 0) is 0 Å². The van der Waals surface area contributed by atoms with E-state index in [9.17, 15) is 15.3 Å². The number of hydrogen-bond donors (Lipinski definition) is 5. The monoisotopic (exact) mass is 324 g/mol. The van der Waals surface area contributed by atoms with E-state index in [1.807, 2.05) is 13.8 Å². The third kappa shape index (κ3) is 2.06. The van der Waals surface area contributed by atoms with Gasteiger partial charge in [-0.1, -0.05) is 13.8 Å². The number of anilines is 2. The molecule has 3 heterocycles. The number of aliphatic hydroxyl groups is 3. The van der Waals surface area contributed by atoms with Crippen LogP contribution in [0.2, 0.25) is 0 Å². The van der Waals surface area contributed by atoms with Crippen LogP contribution in [0, 0.1) is 5.92 Å². The molecule has 0 aliphatic carbocycles. The normalized spacial score (nSPS) is 31.3. The van der Waals surface area contributed by atoms with Crippen LogP contribution in [0.4, 0.5) is 11.8 Å². The quantitative estimate of drug-likeness (QED) is 0.447. The minimum absolute atomic E-state index is 0.0394. The van der Waals surface area contributed by atoms with Crippen LogP contribution in [0.5, 0.6) is 0 Å². The van der Waals surface area contributed by atoms with Crippen molar-refractivity contribution in [3.05, 3.63) is 6.33 Å². The number of ether oxygens (including phenoxy) is 1. The number of aromatic nitrogens is 4.